The van der Waals surface area contributed by atoms with Gasteiger partial charge in [0.2, 0.25) is 0 Å². The SMILES string of the molecule is CN(C)C(=O)/C(O)=C/C(=O)C(C)(C)C. The molecule has 0 spiro atoms. The Bertz CT molecular complexity index is 272. The molecule has 0 saturated carbocycles. The van der Waals surface area contributed by atoms with Gasteiger partial charge < -0.3 is 10.0 Å². The molecule has 0 bridgehead atoms. The van der Waals surface area contributed by atoms with Crippen LogP contribution < -0.4 is 0 Å². The molecule has 0 saturated heterocycles. The minimum Gasteiger partial charge on any atom is -0.503 e. The van der Waals surface area contributed by atoms with Crippen LogP contribution >= 0.6 is 0 Å². The molecule has 14 heavy (non-hydrogen) atoms. The summed E-state index contributed by atoms with van der Waals surface area (Å²) < 4.78 is 0. The Hall–Kier alpha value is -1.32. The largest absolute Gasteiger partial charge is 0.503 e. The van der Waals surface area contributed by atoms with E-state index in [1.807, 2.05) is 0 Å². The molecule has 4 nitrogen and oxygen atoms in total. The van der Waals surface area contributed by atoms with E-state index >= 15 is 0 Å². The lowest BCUT2D eigenvalue weighted by atomic mass is 9.90. The van der Waals surface area contributed by atoms with Crippen LogP contribution in [0.5, 0.6) is 0 Å². The summed E-state index contributed by atoms with van der Waals surface area (Å²) in [6.45, 7) is 5.16. The van der Waals surface area contributed by atoms with Crippen molar-refractivity contribution in [3.05, 3.63) is 11.8 Å². The van der Waals surface area contributed by atoms with Crippen molar-refractivity contribution >= 4 is 11.7 Å². The summed E-state index contributed by atoms with van der Waals surface area (Å²) >= 11 is 0. The maximum Gasteiger partial charge on any atom is 0.288 e. The predicted octanol–water partition coefficient (Wildman–Crippen LogP) is 1.13. The molecule has 0 aromatic rings. The van der Waals surface area contributed by atoms with Crippen molar-refractivity contribution in [2.45, 2.75) is 20.8 Å². The van der Waals surface area contributed by atoms with Crippen LogP contribution in [0.3, 0.4) is 0 Å². The number of hydrogen-bond donors (Lipinski definition) is 1. The van der Waals surface area contributed by atoms with Crippen molar-refractivity contribution in [1.82, 2.24) is 4.90 Å². The molecule has 0 heterocycles. The smallest absolute Gasteiger partial charge is 0.288 e. The Morgan fingerprint density at radius 2 is 1.64 bits per heavy atom. The number of rotatable bonds is 2. The molecule has 0 atom stereocenters. The number of likely N-dealkylation sites (N-methyl/N-ethyl adjacent to an activating group) is 1. The molecule has 0 rings (SSSR count). The van der Waals surface area contributed by atoms with Gasteiger partial charge in [-0.25, -0.2) is 0 Å². The number of amides is 1. The van der Waals surface area contributed by atoms with Gasteiger partial charge in [-0.15, -0.1) is 0 Å². The lowest BCUT2D eigenvalue weighted by Gasteiger charge is -2.14. The van der Waals surface area contributed by atoms with E-state index in [0.717, 1.165) is 6.08 Å². The zero-order valence-corrected chi connectivity index (χ0v) is 9.29. The molecule has 0 fully saturated rings. The monoisotopic (exact) mass is 199 g/mol. The van der Waals surface area contributed by atoms with E-state index in [4.69, 9.17) is 0 Å². The number of aliphatic hydroxyl groups excluding tert-OH is 1. The maximum atomic E-state index is 11.4. The van der Waals surface area contributed by atoms with E-state index in [9.17, 15) is 14.7 Å². The third-order valence-corrected chi connectivity index (χ3v) is 1.63. The van der Waals surface area contributed by atoms with Crippen molar-refractivity contribution in [1.29, 1.82) is 0 Å². The topological polar surface area (TPSA) is 57.6 Å². The molecule has 0 aliphatic heterocycles. The summed E-state index contributed by atoms with van der Waals surface area (Å²) in [4.78, 5) is 23.8. The lowest BCUT2D eigenvalue weighted by Crippen LogP contribution is -2.25. The first-order valence-corrected chi connectivity index (χ1v) is 4.33. The molecular formula is C10H17NO3. The quantitative estimate of drug-likeness (QED) is 0.535. The van der Waals surface area contributed by atoms with Crippen LogP contribution in [0, 0.1) is 5.41 Å². The Labute approximate surface area is 84.2 Å². The van der Waals surface area contributed by atoms with Gasteiger partial charge in [0.15, 0.2) is 11.5 Å². The van der Waals surface area contributed by atoms with Crippen LogP contribution in [0.25, 0.3) is 0 Å². The molecule has 0 aromatic heterocycles. The van der Waals surface area contributed by atoms with Crippen molar-refractivity contribution < 1.29 is 14.7 Å². The van der Waals surface area contributed by atoms with Crippen LogP contribution in [0.15, 0.2) is 11.8 Å². The van der Waals surface area contributed by atoms with E-state index in [-0.39, 0.29) is 5.78 Å². The Balaban J connectivity index is 4.70. The Morgan fingerprint density at radius 1 is 1.21 bits per heavy atom. The summed E-state index contributed by atoms with van der Waals surface area (Å²) in [6, 6.07) is 0. The Kier molecular flexibility index (Phi) is 3.86. The van der Waals surface area contributed by atoms with Crippen LogP contribution in [-0.4, -0.2) is 35.8 Å². The average Bonchev–Trinajstić information content (AvgIpc) is 2.00. The highest BCUT2D eigenvalue weighted by Gasteiger charge is 2.21. The van der Waals surface area contributed by atoms with Gasteiger partial charge in [0.1, 0.15) is 0 Å². The average molecular weight is 199 g/mol. The number of hydrogen-bond acceptors (Lipinski definition) is 3. The molecule has 0 aliphatic carbocycles. The fraction of sp³-hybridized carbons (Fsp3) is 0.600. The maximum absolute atomic E-state index is 11.4. The fourth-order valence-electron chi connectivity index (χ4n) is 0.632. The van der Waals surface area contributed by atoms with Crippen LogP contribution in [0.4, 0.5) is 0 Å². The molecule has 1 amide bonds. The van der Waals surface area contributed by atoms with Crippen LogP contribution in [0.2, 0.25) is 0 Å². The molecule has 0 unspecified atom stereocenters. The number of ketones is 1. The third kappa shape index (κ3) is 3.60. The van der Waals surface area contributed by atoms with E-state index in [1.165, 1.54) is 19.0 Å². The van der Waals surface area contributed by atoms with E-state index in [0.29, 0.717) is 0 Å². The molecule has 0 aliphatic rings. The highest BCUT2D eigenvalue weighted by atomic mass is 16.3. The minimum absolute atomic E-state index is 0.273. The second-order valence-electron chi connectivity index (χ2n) is 4.34. The van der Waals surface area contributed by atoms with Crippen LogP contribution in [0.1, 0.15) is 20.8 Å². The summed E-state index contributed by atoms with van der Waals surface area (Å²) in [6.07, 6.45) is 0.975. The first kappa shape index (κ1) is 12.7. The molecule has 80 valence electrons. The molecule has 1 N–H and O–H groups in total. The fourth-order valence-corrected chi connectivity index (χ4v) is 0.632. The normalized spacial score (nSPS) is 12.5. The lowest BCUT2D eigenvalue weighted by molar-refractivity contribution is -0.128. The first-order chi connectivity index (χ1) is 6.16. The molecule has 4 heteroatoms. The second-order valence-corrected chi connectivity index (χ2v) is 4.34. The second kappa shape index (κ2) is 4.26. The number of carbonyl (C=O) groups excluding carboxylic acids is 2. The van der Waals surface area contributed by atoms with Crippen molar-refractivity contribution in [3.63, 3.8) is 0 Å². The minimum atomic E-state index is -0.583. The summed E-state index contributed by atoms with van der Waals surface area (Å²) in [5.74, 6) is -1.36. The number of carbonyl (C=O) groups is 2. The van der Waals surface area contributed by atoms with E-state index in [1.54, 1.807) is 20.8 Å². The van der Waals surface area contributed by atoms with Gasteiger partial charge in [-0.05, 0) is 0 Å². The standard InChI is InChI=1S/C10H17NO3/c1-10(2,3)8(13)6-7(12)9(14)11(4)5/h6,12H,1-5H3/b7-6-. The molecule has 0 aromatic carbocycles. The summed E-state index contributed by atoms with van der Waals surface area (Å²) in [7, 11) is 3.02. The van der Waals surface area contributed by atoms with E-state index in [2.05, 4.69) is 0 Å². The number of nitrogens with zero attached hydrogens (tertiary/aromatic N) is 1. The zero-order chi connectivity index (χ0) is 11.5. The van der Waals surface area contributed by atoms with Gasteiger partial charge in [0.25, 0.3) is 5.91 Å². The van der Waals surface area contributed by atoms with Crippen molar-refractivity contribution in [2.75, 3.05) is 14.1 Å². The van der Waals surface area contributed by atoms with Gasteiger partial charge in [-0.2, -0.15) is 0 Å². The van der Waals surface area contributed by atoms with Gasteiger partial charge in [-0.3, -0.25) is 9.59 Å². The molecular weight excluding hydrogens is 182 g/mol. The molecule has 0 radical (unpaired) electrons. The predicted molar refractivity (Wildman–Crippen MR) is 53.9 cm³/mol. The Morgan fingerprint density at radius 3 is 1.93 bits per heavy atom. The summed E-state index contributed by atoms with van der Waals surface area (Å²) in [5, 5.41) is 9.27. The van der Waals surface area contributed by atoms with Gasteiger partial charge in [-0.1, -0.05) is 20.8 Å². The van der Waals surface area contributed by atoms with Crippen molar-refractivity contribution in [3.8, 4) is 0 Å². The van der Waals surface area contributed by atoms with E-state index < -0.39 is 17.1 Å². The van der Waals surface area contributed by atoms with Gasteiger partial charge in [0.05, 0.1) is 0 Å². The first-order valence-electron chi connectivity index (χ1n) is 4.33. The van der Waals surface area contributed by atoms with Gasteiger partial charge in [0, 0.05) is 25.6 Å². The highest BCUT2D eigenvalue weighted by Crippen LogP contribution is 2.15. The zero-order valence-electron chi connectivity index (χ0n) is 9.29. The third-order valence-electron chi connectivity index (χ3n) is 1.63. The number of allylic oxidation sites excluding steroid dienone is 1. The van der Waals surface area contributed by atoms with Gasteiger partial charge >= 0.3 is 0 Å². The summed E-state index contributed by atoms with van der Waals surface area (Å²) in [5.41, 5.74) is -0.583. The highest BCUT2D eigenvalue weighted by molar-refractivity contribution is 6.01. The van der Waals surface area contributed by atoms with Crippen LogP contribution in [-0.2, 0) is 9.59 Å². The van der Waals surface area contributed by atoms with Crippen molar-refractivity contribution in [2.24, 2.45) is 5.41 Å². The number of aliphatic hydroxyl groups is 1.